The van der Waals surface area contributed by atoms with E-state index in [1.165, 1.54) is 5.69 Å². The van der Waals surface area contributed by atoms with Crippen molar-refractivity contribution in [3.63, 3.8) is 0 Å². The average molecular weight is 349 g/mol. The number of fused-ring (bicyclic) bond motifs is 1. The highest BCUT2D eigenvalue weighted by atomic mass is 16.2. The van der Waals surface area contributed by atoms with Gasteiger partial charge >= 0.3 is 0 Å². The van der Waals surface area contributed by atoms with Crippen LogP contribution in [-0.2, 0) is 17.3 Å². The molecule has 2 heterocycles. The van der Waals surface area contributed by atoms with E-state index in [1.54, 1.807) is 0 Å². The van der Waals surface area contributed by atoms with Crippen molar-refractivity contribution in [2.75, 3.05) is 5.32 Å². The lowest BCUT2D eigenvalue weighted by Gasteiger charge is -2.15. The molecule has 1 saturated carbocycles. The van der Waals surface area contributed by atoms with Crippen molar-refractivity contribution in [2.45, 2.75) is 46.0 Å². The molecule has 1 fully saturated rings. The van der Waals surface area contributed by atoms with Gasteiger partial charge in [-0.05, 0) is 49.9 Å². The summed E-state index contributed by atoms with van der Waals surface area (Å²) in [6, 6.07) is 13.9. The lowest BCUT2D eigenvalue weighted by Crippen LogP contribution is -2.28. The molecule has 4 nitrogen and oxygen atoms in total. The summed E-state index contributed by atoms with van der Waals surface area (Å²) in [7, 11) is 2.04. The van der Waals surface area contributed by atoms with Gasteiger partial charge in [-0.15, -0.1) is 0 Å². The number of carbonyl (C=O) groups excluding carboxylic acids is 1. The molecule has 136 valence electrons. The van der Waals surface area contributed by atoms with Crippen LogP contribution in [0.4, 0.5) is 5.82 Å². The zero-order valence-electron chi connectivity index (χ0n) is 16.3. The van der Waals surface area contributed by atoms with Gasteiger partial charge in [0.2, 0.25) is 5.91 Å². The van der Waals surface area contributed by atoms with E-state index in [2.05, 4.69) is 28.7 Å². The highest BCUT2D eigenvalue weighted by Gasteiger charge is 2.51. The Morgan fingerprint density at radius 3 is 2.35 bits per heavy atom. The number of hydrogen-bond acceptors (Lipinski definition) is 2. The van der Waals surface area contributed by atoms with Gasteiger partial charge in [-0.2, -0.15) is 0 Å². The van der Waals surface area contributed by atoms with Crippen molar-refractivity contribution < 1.29 is 4.79 Å². The summed E-state index contributed by atoms with van der Waals surface area (Å²) in [4.78, 5) is 17.5. The van der Waals surface area contributed by atoms with Crippen LogP contribution in [0.3, 0.4) is 0 Å². The van der Waals surface area contributed by atoms with Gasteiger partial charge in [0.25, 0.3) is 0 Å². The van der Waals surface area contributed by atoms with Gasteiger partial charge in [-0.3, -0.25) is 4.79 Å². The number of nitrogens with zero attached hydrogens (tertiary/aromatic N) is 2. The van der Waals surface area contributed by atoms with Gasteiger partial charge < -0.3 is 9.88 Å². The Morgan fingerprint density at radius 2 is 1.73 bits per heavy atom. The summed E-state index contributed by atoms with van der Waals surface area (Å²) in [5.74, 6) is 0.675. The zero-order valence-corrected chi connectivity index (χ0v) is 16.3. The third kappa shape index (κ3) is 2.90. The monoisotopic (exact) mass is 349 g/mol. The number of hydrogen-bond donors (Lipinski definition) is 1. The van der Waals surface area contributed by atoms with Gasteiger partial charge in [0, 0.05) is 12.7 Å². The molecule has 0 unspecified atom stereocenters. The number of nitrogens with one attached hydrogen (secondary N) is 1. The van der Waals surface area contributed by atoms with Crippen LogP contribution in [0.1, 0.15) is 43.5 Å². The van der Waals surface area contributed by atoms with E-state index in [0.717, 1.165) is 35.0 Å². The fourth-order valence-electron chi connectivity index (χ4n) is 3.44. The highest BCUT2D eigenvalue weighted by molar-refractivity contribution is 6.01. The molecule has 1 aliphatic rings. The Hall–Kier alpha value is -2.62. The van der Waals surface area contributed by atoms with Gasteiger partial charge in [0.1, 0.15) is 5.82 Å². The molecule has 1 amide bonds. The zero-order chi connectivity index (χ0) is 18.9. The molecule has 3 aromatic rings. The van der Waals surface area contributed by atoms with Crippen LogP contribution in [0, 0.1) is 13.8 Å². The van der Waals surface area contributed by atoms with Crippen molar-refractivity contribution in [3.8, 4) is 0 Å². The number of rotatable bonds is 3. The normalized spacial score (nSPS) is 14.5. The second kappa shape index (κ2) is 6.94. The number of aryl methyl sites for hydroxylation is 2. The maximum atomic E-state index is 12.8. The summed E-state index contributed by atoms with van der Waals surface area (Å²) in [6.45, 7) is 8.16. The van der Waals surface area contributed by atoms with Crippen molar-refractivity contribution in [2.24, 2.45) is 7.05 Å². The Bertz CT molecular complexity index is 937. The van der Waals surface area contributed by atoms with Crippen molar-refractivity contribution in [3.05, 3.63) is 59.3 Å². The Morgan fingerprint density at radius 1 is 1.08 bits per heavy atom. The van der Waals surface area contributed by atoms with Gasteiger partial charge in [-0.1, -0.05) is 44.2 Å². The average Bonchev–Trinajstić information content (AvgIpc) is 3.47. The van der Waals surface area contributed by atoms with Crippen LogP contribution in [0.25, 0.3) is 11.0 Å². The molecule has 0 saturated heterocycles. The molecule has 0 aliphatic heterocycles. The minimum Gasteiger partial charge on any atom is -0.346 e. The third-order valence-corrected chi connectivity index (χ3v) is 5.39. The molecule has 1 aromatic carbocycles. The molecule has 1 N–H and O–H groups in total. The molecule has 0 spiro atoms. The molecular weight excluding hydrogens is 322 g/mol. The molecule has 0 bridgehead atoms. The summed E-state index contributed by atoms with van der Waals surface area (Å²) in [5.41, 5.74) is 5.12. The number of aromatic nitrogens is 2. The summed E-state index contributed by atoms with van der Waals surface area (Å²) in [6.07, 6.45) is 1.79. The van der Waals surface area contributed by atoms with E-state index < -0.39 is 0 Å². The number of anilines is 1. The van der Waals surface area contributed by atoms with E-state index in [-0.39, 0.29) is 11.3 Å². The van der Waals surface area contributed by atoms with Crippen LogP contribution < -0.4 is 5.32 Å². The second-order valence-corrected chi connectivity index (χ2v) is 6.74. The Balaban J connectivity index is 0.000000948. The van der Waals surface area contributed by atoms with E-state index >= 15 is 0 Å². The quantitative estimate of drug-likeness (QED) is 0.732. The van der Waals surface area contributed by atoms with Gasteiger partial charge in [0.05, 0.1) is 16.4 Å². The molecule has 1 aliphatic carbocycles. The van der Waals surface area contributed by atoms with Crippen LogP contribution in [0.15, 0.2) is 42.5 Å². The highest BCUT2D eigenvalue weighted by Crippen LogP contribution is 2.48. The third-order valence-electron chi connectivity index (χ3n) is 5.39. The first-order chi connectivity index (χ1) is 12.5. The second-order valence-electron chi connectivity index (χ2n) is 6.74. The predicted octanol–water partition coefficient (Wildman–Crippen LogP) is 4.89. The number of benzene rings is 1. The van der Waals surface area contributed by atoms with E-state index in [4.69, 9.17) is 0 Å². The van der Waals surface area contributed by atoms with Gasteiger partial charge in [-0.25, -0.2) is 4.98 Å². The molecule has 4 rings (SSSR count). The Kier molecular flexibility index (Phi) is 4.86. The molecule has 0 atom stereocenters. The van der Waals surface area contributed by atoms with Gasteiger partial charge in [0.15, 0.2) is 0 Å². The lowest BCUT2D eigenvalue weighted by atomic mass is 9.95. The number of pyridine rings is 1. The fourth-order valence-corrected chi connectivity index (χ4v) is 3.44. The molecule has 4 heteroatoms. The van der Waals surface area contributed by atoms with Crippen molar-refractivity contribution >= 4 is 22.8 Å². The fraction of sp³-hybridized carbons (Fsp3) is 0.364. The largest absolute Gasteiger partial charge is 0.346 e. The van der Waals surface area contributed by atoms with Crippen LogP contribution in [0.2, 0.25) is 0 Å². The minimum atomic E-state index is -0.375. The minimum absolute atomic E-state index is 0.0471. The lowest BCUT2D eigenvalue weighted by molar-refractivity contribution is -0.118. The van der Waals surface area contributed by atoms with E-state index in [9.17, 15) is 4.79 Å². The Labute approximate surface area is 155 Å². The smallest absolute Gasteiger partial charge is 0.236 e. The summed E-state index contributed by atoms with van der Waals surface area (Å²) < 4.78 is 2.13. The first kappa shape index (κ1) is 18.2. The van der Waals surface area contributed by atoms with Crippen LogP contribution in [0.5, 0.6) is 0 Å². The first-order valence-electron chi connectivity index (χ1n) is 9.32. The summed E-state index contributed by atoms with van der Waals surface area (Å²) >= 11 is 0. The van der Waals surface area contributed by atoms with Crippen molar-refractivity contribution in [1.29, 1.82) is 0 Å². The maximum absolute atomic E-state index is 12.8. The topological polar surface area (TPSA) is 46.9 Å². The molecule has 2 aromatic heterocycles. The van der Waals surface area contributed by atoms with E-state index in [0.29, 0.717) is 5.82 Å². The maximum Gasteiger partial charge on any atom is 0.236 e. The predicted molar refractivity (Wildman–Crippen MR) is 108 cm³/mol. The van der Waals surface area contributed by atoms with Crippen LogP contribution in [-0.4, -0.2) is 15.5 Å². The first-order valence-corrected chi connectivity index (χ1v) is 9.32. The molecule has 0 radical (unpaired) electrons. The number of carbonyl (C=O) groups is 1. The summed E-state index contributed by atoms with van der Waals surface area (Å²) in [5, 5.41) is 3.03. The number of amides is 1. The van der Waals surface area contributed by atoms with E-state index in [1.807, 2.05) is 63.4 Å². The van der Waals surface area contributed by atoms with Crippen LogP contribution >= 0.6 is 0 Å². The SMILES string of the molecule is CC.Cc1c(C)n(C)c2ccc(NC(=O)C3(c4ccccc4)CC3)nc12. The standard InChI is InChI=1S/C20H21N3O.C2H6/c1-13-14(2)23(3)16-9-10-17(21-18(13)16)22-19(24)20(11-12-20)15-7-5-4-6-8-15;1-2/h4-10H,11-12H2,1-3H3,(H,21,22,24);1-2H3. The molecule has 26 heavy (non-hydrogen) atoms. The molecular formula is C22H27N3O. The van der Waals surface area contributed by atoms with Crippen molar-refractivity contribution in [1.82, 2.24) is 9.55 Å².